The van der Waals surface area contributed by atoms with E-state index in [0.29, 0.717) is 0 Å². The first-order valence-corrected chi connectivity index (χ1v) is 7.09. The number of hydrogen-bond acceptors (Lipinski definition) is 5. The third-order valence-electron chi connectivity index (χ3n) is 2.59. The minimum absolute atomic E-state index is 0. The summed E-state index contributed by atoms with van der Waals surface area (Å²) in [5.41, 5.74) is 0.0372. The van der Waals surface area contributed by atoms with Gasteiger partial charge in [0.1, 0.15) is 18.2 Å². The largest absolute Gasteiger partial charge is 0.480 e. The van der Waals surface area contributed by atoms with Crippen LogP contribution in [-0.4, -0.2) is 34.8 Å². The Hall–Kier alpha value is -2.22. The Kier molecular flexibility index (Phi) is 8.91. The SMILES string of the molecule is CC(C)(C)OC(=O)C[C@H](NC(=O)OCc1ccccc1)C(=O)O.S. The highest BCUT2D eigenvalue weighted by Crippen LogP contribution is 2.09. The van der Waals surface area contributed by atoms with Crippen molar-refractivity contribution in [2.75, 3.05) is 0 Å². The van der Waals surface area contributed by atoms with Crippen LogP contribution in [0, 0.1) is 0 Å². The second-order valence-corrected chi connectivity index (χ2v) is 5.89. The molecule has 1 atom stereocenters. The predicted octanol–water partition coefficient (Wildman–Crippen LogP) is 2.21. The fourth-order valence-electron chi connectivity index (χ4n) is 1.66. The number of carboxylic acid groups (broad SMARTS) is 1. The molecule has 0 aliphatic heterocycles. The van der Waals surface area contributed by atoms with Gasteiger partial charge < -0.3 is 19.9 Å². The maximum absolute atomic E-state index is 11.7. The summed E-state index contributed by atoms with van der Waals surface area (Å²) in [5, 5.41) is 11.2. The summed E-state index contributed by atoms with van der Waals surface area (Å²) < 4.78 is 9.96. The maximum atomic E-state index is 11.7. The van der Waals surface area contributed by atoms with Crippen molar-refractivity contribution in [1.82, 2.24) is 5.32 Å². The lowest BCUT2D eigenvalue weighted by Crippen LogP contribution is -2.43. The number of aliphatic carboxylic acids is 1. The molecule has 8 heteroatoms. The van der Waals surface area contributed by atoms with E-state index in [2.05, 4.69) is 5.32 Å². The summed E-state index contributed by atoms with van der Waals surface area (Å²) in [6, 6.07) is 7.53. The van der Waals surface area contributed by atoms with E-state index in [4.69, 9.17) is 14.6 Å². The van der Waals surface area contributed by atoms with Crippen molar-refractivity contribution in [2.45, 2.75) is 45.4 Å². The van der Waals surface area contributed by atoms with Gasteiger partial charge >= 0.3 is 18.0 Å². The number of rotatable bonds is 6. The minimum Gasteiger partial charge on any atom is -0.480 e. The maximum Gasteiger partial charge on any atom is 0.408 e. The highest BCUT2D eigenvalue weighted by atomic mass is 32.1. The number of esters is 1. The number of hydrogen-bond donors (Lipinski definition) is 2. The standard InChI is InChI=1S/C16H21NO6.H2S/c1-16(2,3)23-13(18)9-12(14(19)20)17-15(21)22-10-11-7-5-4-6-8-11;/h4-8,12H,9-10H2,1-3H3,(H,17,21)(H,19,20);1H2/t12-;/m0./s1. The van der Waals surface area contributed by atoms with Crippen molar-refractivity contribution >= 4 is 31.5 Å². The van der Waals surface area contributed by atoms with E-state index in [0.717, 1.165) is 5.56 Å². The Morgan fingerprint density at radius 2 is 1.75 bits per heavy atom. The van der Waals surface area contributed by atoms with Gasteiger partial charge in [0.2, 0.25) is 0 Å². The predicted molar refractivity (Wildman–Crippen MR) is 92.0 cm³/mol. The van der Waals surface area contributed by atoms with Gasteiger partial charge in [-0.3, -0.25) is 4.79 Å². The number of carboxylic acids is 1. The van der Waals surface area contributed by atoms with Gasteiger partial charge in [0.15, 0.2) is 0 Å². The number of alkyl carbamates (subject to hydrolysis) is 1. The van der Waals surface area contributed by atoms with E-state index in [1.54, 1.807) is 45.0 Å². The van der Waals surface area contributed by atoms with Crippen LogP contribution in [0.25, 0.3) is 0 Å². The molecule has 7 nitrogen and oxygen atoms in total. The molecule has 0 spiro atoms. The van der Waals surface area contributed by atoms with Crippen LogP contribution in [0.5, 0.6) is 0 Å². The average Bonchev–Trinajstić information content (AvgIpc) is 2.43. The fraction of sp³-hybridized carbons (Fsp3) is 0.438. The van der Waals surface area contributed by atoms with Gasteiger partial charge in [-0.15, -0.1) is 0 Å². The Morgan fingerprint density at radius 1 is 1.17 bits per heavy atom. The van der Waals surface area contributed by atoms with E-state index in [9.17, 15) is 14.4 Å². The topological polar surface area (TPSA) is 102 Å². The molecule has 0 aliphatic rings. The molecule has 1 aromatic rings. The fourth-order valence-corrected chi connectivity index (χ4v) is 1.66. The molecule has 0 saturated carbocycles. The zero-order valence-corrected chi connectivity index (χ0v) is 14.9. The van der Waals surface area contributed by atoms with Crippen molar-refractivity contribution in [1.29, 1.82) is 0 Å². The van der Waals surface area contributed by atoms with Gasteiger partial charge in [-0.2, -0.15) is 13.5 Å². The lowest BCUT2D eigenvalue weighted by atomic mass is 10.1. The lowest BCUT2D eigenvalue weighted by molar-refractivity contribution is -0.158. The molecule has 24 heavy (non-hydrogen) atoms. The van der Waals surface area contributed by atoms with Gasteiger partial charge in [-0.1, -0.05) is 30.3 Å². The molecule has 0 bridgehead atoms. The third-order valence-corrected chi connectivity index (χ3v) is 2.59. The highest BCUT2D eigenvalue weighted by Gasteiger charge is 2.27. The second kappa shape index (κ2) is 9.82. The van der Waals surface area contributed by atoms with Crippen LogP contribution in [0.15, 0.2) is 30.3 Å². The molecule has 0 heterocycles. The van der Waals surface area contributed by atoms with Gasteiger partial charge in [0.25, 0.3) is 0 Å². The van der Waals surface area contributed by atoms with Gasteiger partial charge in [0, 0.05) is 0 Å². The smallest absolute Gasteiger partial charge is 0.408 e. The van der Waals surface area contributed by atoms with Crippen LogP contribution >= 0.6 is 13.5 Å². The van der Waals surface area contributed by atoms with Crippen LogP contribution in [0.2, 0.25) is 0 Å². The second-order valence-electron chi connectivity index (χ2n) is 5.89. The zero-order valence-electron chi connectivity index (χ0n) is 13.9. The molecule has 1 amide bonds. The van der Waals surface area contributed by atoms with E-state index >= 15 is 0 Å². The van der Waals surface area contributed by atoms with Crippen LogP contribution < -0.4 is 5.32 Å². The summed E-state index contributed by atoms with van der Waals surface area (Å²) in [7, 11) is 0. The number of carbonyl (C=O) groups excluding carboxylic acids is 2. The summed E-state index contributed by atoms with van der Waals surface area (Å²) in [6.45, 7) is 5.01. The highest BCUT2D eigenvalue weighted by molar-refractivity contribution is 7.59. The monoisotopic (exact) mass is 357 g/mol. The van der Waals surface area contributed by atoms with Crippen molar-refractivity contribution in [2.24, 2.45) is 0 Å². The van der Waals surface area contributed by atoms with E-state index in [1.165, 1.54) is 0 Å². The molecule has 0 saturated heterocycles. The minimum atomic E-state index is -1.41. The number of nitrogens with one attached hydrogen (secondary N) is 1. The Labute approximate surface area is 147 Å². The summed E-state index contributed by atoms with van der Waals surface area (Å²) >= 11 is 0. The van der Waals surface area contributed by atoms with Crippen molar-refractivity contribution in [3.63, 3.8) is 0 Å². The van der Waals surface area contributed by atoms with Gasteiger partial charge in [-0.25, -0.2) is 9.59 Å². The number of benzene rings is 1. The molecular weight excluding hydrogens is 334 g/mol. The molecule has 134 valence electrons. The molecule has 1 rings (SSSR count). The van der Waals surface area contributed by atoms with Crippen LogP contribution in [-0.2, 0) is 25.7 Å². The zero-order chi connectivity index (χ0) is 17.5. The van der Waals surface area contributed by atoms with Gasteiger partial charge in [-0.05, 0) is 26.3 Å². The first kappa shape index (κ1) is 21.8. The number of amides is 1. The molecule has 0 radical (unpaired) electrons. The number of carbonyl (C=O) groups is 3. The Balaban J connectivity index is 0.00000529. The molecule has 0 unspecified atom stereocenters. The van der Waals surface area contributed by atoms with E-state index in [-0.39, 0.29) is 20.1 Å². The van der Waals surface area contributed by atoms with Crippen LogP contribution in [0.4, 0.5) is 4.79 Å². The van der Waals surface area contributed by atoms with Crippen LogP contribution in [0.3, 0.4) is 0 Å². The normalized spacial score (nSPS) is 11.6. The molecule has 2 N–H and O–H groups in total. The molecule has 0 aliphatic carbocycles. The van der Waals surface area contributed by atoms with E-state index in [1.807, 2.05) is 6.07 Å². The summed E-state index contributed by atoms with van der Waals surface area (Å²) in [4.78, 5) is 34.4. The summed E-state index contributed by atoms with van der Waals surface area (Å²) in [5.74, 6) is -2.05. The lowest BCUT2D eigenvalue weighted by Gasteiger charge is -2.21. The Bertz CT molecular complexity index is 555. The van der Waals surface area contributed by atoms with Crippen molar-refractivity contribution < 1.29 is 29.0 Å². The summed E-state index contributed by atoms with van der Waals surface area (Å²) in [6.07, 6.45) is -1.39. The average molecular weight is 357 g/mol. The first-order chi connectivity index (χ1) is 10.7. The first-order valence-electron chi connectivity index (χ1n) is 7.09. The molecule has 1 aromatic carbocycles. The number of ether oxygens (including phenoxy) is 2. The van der Waals surface area contributed by atoms with Gasteiger partial charge in [0.05, 0.1) is 6.42 Å². The molecule has 0 fully saturated rings. The van der Waals surface area contributed by atoms with Crippen LogP contribution in [0.1, 0.15) is 32.8 Å². The van der Waals surface area contributed by atoms with E-state index < -0.39 is 36.1 Å². The van der Waals surface area contributed by atoms with Crippen molar-refractivity contribution in [3.8, 4) is 0 Å². The quantitative estimate of drug-likeness (QED) is 0.757. The van der Waals surface area contributed by atoms with Crippen molar-refractivity contribution in [3.05, 3.63) is 35.9 Å². The molecular formula is C16H23NO6S. The molecule has 0 aromatic heterocycles. The Morgan fingerprint density at radius 3 is 2.25 bits per heavy atom. The third kappa shape index (κ3) is 9.04.